The standard InChI is InChI=1S/C14H15N3O2/c1-9-7-10(4-6-17(9)14(18)19)12-8-16-13-11(12)3-2-5-15-13/h2-3,5,7-9H,4,6H2,1H3,(H,15,16)(H,18,19). The molecule has 5 nitrogen and oxygen atoms in total. The second-order valence-corrected chi connectivity index (χ2v) is 4.76. The summed E-state index contributed by atoms with van der Waals surface area (Å²) < 4.78 is 0. The van der Waals surface area contributed by atoms with Gasteiger partial charge in [-0.3, -0.25) is 0 Å². The molecule has 2 aromatic rings. The fourth-order valence-electron chi connectivity index (χ4n) is 2.62. The van der Waals surface area contributed by atoms with E-state index in [1.807, 2.05) is 31.3 Å². The summed E-state index contributed by atoms with van der Waals surface area (Å²) in [4.78, 5) is 19.9. The highest BCUT2D eigenvalue weighted by Gasteiger charge is 2.24. The molecule has 1 unspecified atom stereocenters. The number of aromatic amines is 1. The normalized spacial score (nSPS) is 19.5. The maximum Gasteiger partial charge on any atom is 0.407 e. The summed E-state index contributed by atoms with van der Waals surface area (Å²) in [5, 5.41) is 10.2. The second-order valence-electron chi connectivity index (χ2n) is 4.76. The van der Waals surface area contributed by atoms with E-state index in [4.69, 9.17) is 5.11 Å². The molecule has 0 bridgehead atoms. The summed E-state index contributed by atoms with van der Waals surface area (Å²) in [6.45, 7) is 2.44. The Kier molecular flexibility index (Phi) is 2.74. The maximum atomic E-state index is 11.1. The molecule has 3 rings (SSSR count). The largest absolute Gasteiger partial charge is 0.465 e. The minimum atomic E-state index is -0.858. The van der Waals surface area contributed by atoms with E-state index in [2.05, 4.69) is 9.97 Å². The van der Waals surface area contributed by atoms with Crippen LogP contribution in [0.25, 0.3) is 16.6 Å². The summed E-state index contributed by atoms with van der Waals surface area (Å²) in [7, 11) is 0. The highest BCUT2D eigenvalue weighted by molar-refractivity contribution is 5.91. The van der Waals surface area contributed by atoms with Gasteiger partial charge in [-0.1, -0.05) is 6.08 Å². The molecule has 3 heterocycles. The van der Waals surface area contributed by atoms with Crippen LogP contribution in [-0.2, 0) is 0 Å². The number of H-pyrrole nitrogens is 1. The van der Waals surface area contributed by atoms with E-state index >= 15 is 0 Å². The summed E-state index contributed by atoms with van der Waals surface area (Å²) in [5.41, 5.74) is 3.18. The molecule has 0 saturated carbocycles. The average Bonchev–Trinajstić information content (AvgIpc) is 2.82. The van der Waals surface area contributed by atoms with Crippen molar-refractivity contribution in [2.75, 3.05) is 6.54 Å². The van der Waals surface area contributed by atoms with Crippen LogP contribution in [0, 0.1) is 0 Å². The fraction of sp³-hybridized carbons (Fsp3) is 0.286. The van der Waals surface area contributed by atoms with Crippen LogP contribution in [0.15, 0.2) is 30.6 Å². The molecule has 0 aliphatic carbocycles. The SMILES string of the molecule is CC1C=C(c2c[nH]c3ncccc23)CCN1C(=O)O. The Labute approximate surface area is 110 Å². The highest BCUT2D eigenvalue weighted by atomic mass is 16.4. The first-order chi connectivity index (χ1) is 9.16. The van der Waals surface area contributed by atoms with Crippen molar-refractivity contribution in [3.63, 3.8) is 0 Å². The molecular weight excluding hydrogens is 242 g/mol. The van der Waals surface area contributed by atoms with Gasteiger partial charge in [-0.05, 0) is 31.1 Å². The van der Waals surface area contributed by atoms with Crippen molar-refractivity contribution in [2.24, 2.45) is 0 Å². The molecule has 19 heavy (non-hydrogen) atoms. The Morgan fingerprint density at radius 1 is 1.58 bits per heavy atom. The fourth-order valence-corrected chi connectivity index (χ4v) is 2.62. The third-order valence-corrected chi connectivity index (χ3v) is 3.60. The number of nitrogens with zero attached hydrogens (tertiary/aromatic N) is 2. The minimum Gasteiger partial charge on any atom is -0.465 e. The molecule has 0 spiro atoms. The van der Waals surface area contributed by atoms with Gasteiger partial charge in [0.1, 0.15) is 5.65 Å². The lowest BCUT2D eigenvalue weighted by atomic mass is 9.97. The molecular formula is C14H15N3O2. The third kappa shape index (κ3) is 1.97. The molecule has 2 N–H and O–H groups in total. The lowest BCUT2D eigenvalue weighted by Crippen LogP contribution is -2.39. The van der Waals surface area contributed by atoms with Gasteiger partial charge in [-0.15, -0.1) is 0 Å². The Morgan fingerprint density at radius 3 is 3.16 bits per heavy atom. The van der Waals surface area contributed by atoms with Crippen molar-refractivity contribution in [3.05, 3.63) is 36.2 Å². The predicted molar refractivity (Wildman–Crippen MR) is 72.9 cm³/mol. The van der Waals surface area contributed by atoms with Gasteiger partial charge in [-0.25, -0.2) is 9.78 Å². The van der Waals surface area contributed by atoms with Gasteiger partial charge in [-0.2, -0.15) is 0 Å². The number of fused-ring (bicyclic) bond motifs is 1. The van der Waals surface area contributed by atoms with Crippen LogP contribution >= 0.6 is 0 Å². The Morgan fingerprint density at radius 2 is 2.42 bits per heavy atom. The van der Waals surface area contributed by atoms with Crippen molar-refractivity contribution in [1.82, 2.24) is 14.9 Å². The third-order valence-electron chi connectivity index (χ3n) is 3.60. The maximum absolute atomic E-state index is 11.1. The first-order valence-corrected chi connectivity index (χ1v) is 6.29. The number of amides is 1. The van der Waals surface area contributed by atoms with Crippen molar-refractivity contribution >= 4 is 22.7 Å². The monoisotopic (exact) mass is 257 g/mol. The highest BCUT2D eigenvalue weighted by Crippen LogP contribution is 2.30. The number of aromatic nitrogens is 2. The van der Waals surface area contributed by atoms with E-state index in [0.717, 1.165) is 23.0 Å². The lowest BCUT2D eigenvalue weighted by molar-refractivity contribution is 0.136. The summed E-state index contributed by atoms with van der Waals surface area (Å²) >= 11 is 0. The molecule has 5 heteroatoms. The number of nitrogens with one attached hydrogen (secondary N) is 1. The van der Waals surface area contributed by atoms with E-state index in [1.165, 1.54) is 10.5 Å². The first kappa shape index (κ1) is 11.8. The summed E-state index contributed by atoms with van der Waals surface area (Å²) in [5.74, 6) is 0. The Balaban J connectivity index is 1.99. The molecule has 1 aliphatic heterocycles. The van der Waals surface area contributed by atoms with Crippen LogP contribution in [0.1, 0.15) is 18.9 Å². The van der Waals surface area contributed by atoms with Gasteiger partial charge in [0.2, 0.25) is 0 Å². The molecule has 0 radical (unpaired) electrons. The molecule has 98 valence electrons. The molecule has 1 atom stereocenters. The summed E-state index contributed by atoms with van der Waals surface area (Å²) in [6, 6.07) is 3.85. The topological polar surface area (TPSA) is 69.2 Å². The predicted octanol–water partition coefficient (Wildman–Crippen LogP) is 2.72. The minimum absolute atomic E-state index is 0.0946. The number of hydrogen-bond donors (Lipinski definition) is 2. The van der Waals surface area contributed by atoms with E-state index in [0.29, 0.717) is 6.54 Å². The zero-order valence-electron chi connectivity index (χ0n) is 10.6. The van der Waals surface area contributed by atoms with Crippen molar-refractivity contribution < 1.29 is 9.90 Å². The van der Waals surface area contributed by atoms with Crippen molar-refractivity contribution in [1.29, 1.82) is 0 Å². The average molecular weight is 257 g/mol. The van der Waals surface area contributed by atoms with Gasteiger partial charge in [0.15, 0.2) is 0 Å². The molecule has 0 saturated heterocycles. The number of carbonyl (C=O) groups is 1. The van der Waals surface area contributed by atoms with E-state index in [1.54, 1.807) is 6.20 Å². The quantitative estimate of drug-likeness (QED) is 0.825. The molecule has 1 amide bonds. The number of hydrogen-bond acceptors (Lipinski definition) is 2. The number of rotatable bonds is 1. The van der Waals surface area contributed by atoms with Crippen LogP contribution in [0.5, 0.6) is 0 Å². The number of pyridine rings is 1. The van der Waals surface area contributed by atoms with Gasteiger partial charge >= 0.3 is 6.09 Å². The first-order valence-electron chi connectivity index (χ1n) is 6.29. The van der Waals surface area contributed by atoms with Crippen LogP contribution in [0.3, 0.4) is 0 Å². The molecule has 1 aliphatic rings. The Hall–Kier alpha value is -2.30. The van der Waals surface area contributed by atoms with Crippen LogP contribution in [0.2, 0.25) is 0 Å². The van der Waals surface area contributed by atoms with Crippen LogP contribution in [-0.4, -0.2) is 38.7 Å². The van der Waals surface area contributed by atoms with Gasteiger partial charge in [0.05, 0.1) is 6.04 Å². The van der Waals surface area contributed by atoms with E-state index in [-0.39, 0.29) is 6.04 Å². The molecule has 0 fully saturated rings. The zero-order chi connectivity index (χ0) is 13.4. The van der Waals surface area contributed by atoms with Gasteiger partial charge in [0, 0.05) is 29.9 Å². The van der Waals surface area contributed by atoms with Crippen LogP contribution in [0.4, 0.5) is 4.79 Å². The van der Waals surface area contributed by atoms with Crippen molar-refractivity contribution in [2.45, 2.75) is 19.4 Å². The molecule has 2 aromatic heterocycles. The Bertz CT molecular complexity index is 660. The van der Waals surface area contributed by atoms with Crippen LogP contribution < -0.4 is 0 Å². The number of carboxylic acid groups (broad SMARTS) is 1. The van der Waals surface area contributed by atoms with E-state index in [9.17, 15) is 4.79 Å². The zero-order valence-corrected chi connectivity index (χ0v) is 10.6. The second kappa shape index (κ2) is 4.42. The summed E-state index contributed by atoms with van der Waals surface area (Å²) in [6.07, 6.45) is 5.61. The smallest absolute Gasteiger partial charge is 0.407 e. The van der Waals surface area contributed by atoms with E-state index < -0.39 is 6.09 Å². The van der Waals surface area contributed by atoms with Crippen molar-refractivity contribution in [3.8, 4) is 0 Å². The van der Waals surface area contributed by atoms with Gasteiger partial charge in [0.25, 0.3) is 0 Å². The molecule has 0 aromatic carbocycles. The lowest BCUT2D eigenvalue weighted by Gasteiger charge is -2.29. The van der Waals surface area contributed by atoms with Gasteiger partial charge < -0.3 is 15.0 Å².